The molecule has 0 saturated heterocycles. The van der Waals surface area contributed by atoms with Gasteiger partial charge in [0, 0.05) is 29.4 Å². The molecule has 0 aliphatic heterocycles. The third-order valence-corrected chi connectivity index (χ3v) is 6.81. The van der Waals surface area contributed by atoms with Crippen LogP contribution >= 0.6 is 23.1 Å². The van der Waals surface area contributed by atoms with E-state index >= 15 is 0 Å². The Kier molecular flexibility index (Phi) is 5.41. The zero-order valence-corrected chi connectivity index (χ0v) is 17.1. The molecular formula is C20H21N3O3S2. The number of thiazole rings is 1. The molecule has 1 aliphatic carbocycles. The lowest BCUT2D eigenvalue weighted by molar-refractivity contribution is -0.136. The summed E-state index contributed by atoms with van der Waals surface area (Å²) in [6, 6.07) is 6.17. The van der Waals surface area contributed by atoms with Crippen molar-refractivity contribution in [1.29, 1.82) is 0 Å². The molecule has 0 atom stereocenters. The van der Waals surface area contributed by atoms with Gasteiger partial charge >= 0.3 is 5.97 Å². The van der Waals surface area contributed by atoms with E-state index in [2.05, 4.69) is 27.9 Å². The number of anilines is 1. The molecule has 0 spiro atoms. The molecule has 2 heterocycles. The molecule has 4 rings (SSSR count). The number of nitrogens with zero attached hydrogens (tertiary/aromatic N) is 2. The van der Waals surface area contributed by atoms with Crippen molar-refractivity contribution >= 4 is 51.0 Å². The first kappa shape index (κ1) is 19.0. The van der Waals surface area contributed by atoms with E-state index in [0.29, 0.717) is 16.4 Å². The Balaban J connectivity index is 1.51. The molecule has 1 amide bonds. The van der Waals surface area contributed by atoms with Crippen molar-refractivity contribution in [1.82, 2.24) is 9.55 Å². The van der Waals surface area contributed by atoms with Gasteiger partial charge < -0.3 is 9.67 Å². The van der Waals surface area contributed by atoms with E-state index in [-0.39, 0.29) is 12.3 Å². The summed E-state index contributed by atoms with van der Waals surface area (Å²) in [6.07, 6.45) is 6.24. The molecule has 6 nitrogen and oxygen atoms in total. The molecule has 1 aromatic carbocycles. The highest BCUT2D eigenvalue weighted by Crippen LogP contribution is 2.34. The van der Waals surface area contributed by atoms with Crippen molar-refractivity contribution in [3.63, 3.8) is 0 Å². The lowest BCUT2D eigenvalue weighted by Gasteiger charge is -2.03. The fourth-order valence-electron chi connectivity index (χ4n) is 3.10. The smallest absolute Gasteiger partial charge is 0.304 e. The summed E-state index contributed by atoms with van der Waals surface area (Å²) in [5.41, 5.74) is 2.93. The van der Waals surface area contributed by atoms with E-state index in [4.69, 9.17) is 5.11 Å². The highest BCUT2D eigenvalue weighted by atomic mass is 32.2. The third kappa shape index (κ3) is 4.39. The highest BCUT2D eigenvalue weighted by molar-refractivity contribution is 8.01. The summed E-state index contributed by atoms with van der Waals surface area (Å²) in [5.74, 6) is 0.221. The summed E-state index contributed by atoms with van der Waals surface area (Å²) >= 11 is 2.80. The second-order valence-corrected chi connectivity index (χ2v) is 9.52. The number of carboxylic acid groups (broad SMARTS) is 1. The second kappa shape index (κ2) is 7.97. The molecular weight excluding hydrogens is 394 g/mol. The van der Waals surface area contributed by atoms with Crippen LogP contribution in [0.3, 0.4) is 0 Å². The van der Waals surface area contributed by atoms with Crippen molar-refractivity contribution in [2.45, 2.75) is 36.9 Å². The van der Waals surface area contributed by atoms with Gasteiger partial charge in [-0.1, -0.05) is 23.5 Å². The summed E-state index contributed by atoms with van der Waals surface area (Å²) in [6.45, 7) is 3.02. The maximum Gasteiger partial charge on any atom is 0.304 e. The number of thioether (sulfide) groups is 1. The van der Waals surface area contributed by atoms with E-state index < -0.39 is 5.97 Å². The molecule has 3 aromatic rings. The largest absolute Gasteiger partial charge is 0.481 e. The topological polar surface area (TPSA) is 84.2 Å². The molecule has 0 unspecified atom stereocenters. The Morgan fingerprint density at radius 2 is 2.21 bits per heavy atom. The van der Waals surface area contributed by atoms with Crippen molar-refractivity contribution in [3.05, 3.63) is 41.7 Å². The quantitative estimate of drug-likeness (QED) is 0.524. The first-order valence-electron chi connectivity index (χ1n) is 9.21. The number of carboxylic acids is 1. The number of nitrogens with one attached hydrogen (secondary N) is 1. The van der Waals surface area contributed by atoms with Gasteiger partial charge in [0.15, 0.2) is 5.13 Å². The number of hydrogen-bond acceptors (Lipinski definition) is 5. The van der Waals surface area contributed by atoms with Crippen LogP contribution in [0.1, 0.15) is 35.2 Å². The molecule has 8 heteroatoms. The molecule has 1 aliphatic rings. The Labute approximate surface area is 171 Å². The van der Waals surface area contributed by atoms with Crippen molar-refractivity contribution in [3.8, 4) is 0 Å². The van der Waals surface area contributed by atoms with E-state index in [1.54, 1.807) is 6.20 Å². The van der Waals surface area contributed by atoms with Crippen LogP contribution in [-0.4, -0.2) is 32.3 Å². The van der Waals surface area contributed by atoms with Crippen LogP contribution in [0, 0.1) is 12.8 Å². The molecule has 28 heavy (non-hydrogen) atoms. The van der Waals surface area contributed by atoms with Crippen LogP contribution in [0.15, 0.2) is 34.8 Å². The molecule has 1 fully saturated rings. The van der Waals surface area contributed by atoms with E-state index in [9.17, 15) is 9.59 Å². The van der Waals surface area contributed by atoms with E-state index in [1.165, 1.54) is 41.5 Å². The third-order valence-electron chi connectivity index (χ3n) is 4.70. The lowest BCUT2D eigenvalue weighted by Crippen LogP contribution is -2.11. The molecule has 0 bridgehead atoms. The Morgan fingerprint density at radius 3 is 2.96 bits per heavy atom. The SMILES string of the molecule is Cc1ccc2c(C(=O)Nc3ncc(SCCC(=O)O)s3)cn(CC3CC3)c2c1. The number of aryl methyl sites for hydroxylation is 1. The van der Waals surface area contributed by atoms with Gasteiger partial charge in [0.05, 0.1) is 22.4 Å². The van der Waals surface area contributed by atoms with Crippen LogP contribution in [0.2, 0.25) is 0 Å². The van der Waals surface area contributed by atoms with Gasteiger partial charge in [-0.2, -0.15) is 0 Å². The van der Waals surface area contributed by atoms with Gasteiger partial charge in [-0.15, -0.1) is 11.8 Å². The summed E-state index contributed by atoms with van der Waals surface area (Å²) < 4.78 is 3.09. The van der Waals surface area contributed by atoms with Crippen LogP contribution in [0.25, 0.3) is 10.9 Å². The molecule has 146 valence electrons. The van der Waals surface area contributed by atoms with Gasteiger partial charge in [0.2, 0.25) is 0 Å². The Morgan fingerprint density at radius 1 is 1.39 bits per heavy atom. The molecule has 0 radical (unpaired) electrons. The summed E-state index contributed by atoms with van der Waals surface area (Å²) in [4.78, 5) is 27.8. The minimum atomic E-state index is -0.816. The van der Waals surface area contributed by atoms with Crippen LogP contribution < -0.4 is 5.32 Å². The Hall–Kier alpha value is -2.32. The number of carbonyl (C=O) groups excluding carboxylic acids is 1. The molecule has 1 saturated carbocycles. The van der Waals surface area contributed by atoms with Gasteiger partial charge in [-0.3, -0.25) is 14.9 Å². The maximum absolute atomic E-state index is 12.9. The van der Waals surface area contributed by atoms with Crippen molar-refractivity contribution < 1.29 is 14.7 Å². The average molecular weight is 416 g/mol. The maximum atomic E-state index is 12.9. The zero-order chi connectivity index (χ0) is 19.7. The second-order valence-electron chi connectivity index (χ2n) is 7.09. The minimum absolute atomic E-state index is 0.101. The monoisotopic (exact) mass is 415 g/mol. The number of fused-ring (bicyclic) bond motifs is 1. The van der Waals surface area contributed by atoms with Crippen molar-refractivity contribution in [2.24, 2.45) is 5.92 Å². The van der Waals surface area contributed by atoms with Crippen molar-refractivity contribution in [2.75, 3.05) is 11.1 Å². The predicted octanol–water partition coefficient (Wildman–Crippen LogP) is 4.64. The number of hydrogen-bond donors (Lipinski definition) is 2. The van der Waals surface area contributed by atoms with Gasteiger partial charge in [0.25, 0.3) is 5.91 Å². The normalized spacial score (nSPS) is 13.8. The van der Waals surface area contributed by atoms with Gasteiger partial charge in [0.1, 0.15) is 0 Å². The summed E-state index contributed by atoms with van der Waals surface area (Å²) in [7, 11) is 0. The highest BCUT2D eigenvalue weighted by Gasteiger charge is 2.24. The fourth-order valence-corrected chi connectivity index (χ4v) is 4.97. The zero-order valence-electron chi connectivity index (χ0n) is 15.5. The fraction of sp³-hybridized carbons (Fsp3) is 0.350. The van der Waals surface area contributed by atoms with E-state index in [1.807, 2.05) is 18.3 Å². The Bertz CT molecular complexity index is 1040. The first-order chi connectivity index (χ1) is 13.5. The number of rotatable bonds is 8. The number of benzene rings is 1. The van der Waals surface area contributed by atoms with Crippen LogP contribution in [0.4, 0.5) is 5.13 Å². The van der Waals surface area contributed by atoms with E-state index in [0.717, 1.165) is 27.6 Å². The minimum Gasteiger partial charge on any atom is -0.481 e. The molecule has 2 aromatic heterocycles. The summed E-state index contributed by atoms with van der Waals surface area (Å²) in [5, 5.41) is 13.1. The van der Waals surface area contributed by atoms with Crippen LogP contribution in [0.5, 0.6) is 0 Å². The lowest BCUT2D eigenvalue weighted by atomic mass is 10.1. The number of amides is 1. The number of carbonyl (C=O) groups is 2. The average Bonchev–Trinajstić information content (AvgIpc) is 3.24. The van der Waals surface area contributed by atoms with Crippen LogP contribution in [-0.2, 0) is 11.3 Å². The van der Waals surface area contributed by atoms with Gasteiger partial charge in [-0.05, 0) is 37.3 Å². The standard InChI is InChI=1S/C20H21N3O3S2/c1-12-2-5-14-15(11-23(16(14)8-12)10-13-3-4-13)19(26)22-20-21-9-18(28-20)27-7-6-17(24)25/h2,5,8-9,11,13H,3-4,6-7,10H2,1H3,(H,24,25)(H,21,22,26). The van der Waals surface area contributed by atoms with Gasteiger partial charge in [-0.25, -0.2) is 4.98 Å². The number of aliphatic carboxylic acids is 1. The predicted molar refractivity (Wildman–Crippen MR) is 112 cm³/mol. The first-order valence-corrected chi connectivity index (χ1v) is 11.0. The number of aromatic nitrogens is 2. The molecule has 2 N–H and O–H groups in total.